The third kappa shape index (κ3) is 2.23. The average Bonchev–Trinajstić information content (AvgIpc) is 2.72. The summed E-state index contributed by atoms with van der Waals surface area (Å²) in [6.45, 7) is 8.70. The third-order valence-corrected chi connectivity index (χ3v) is 4.84. The average molecular weight is 262 g/mol. The monoisotopic (exact) mass is 262 g/mol. The van der Waals surface area contributed by atoms with Crippen LogP contribution in [0.2, 0.25) is 0 Å². The van der Waals surface area contributed by atoms with E-state index in [0.29, 0.717) is 5.41 Å². The zero-order valence-corrected chi connectivity index (χ0v) is 12.4. The van der Waals surface area contributed by atoms with Crippen molar-refractivity contribution in [2.24, 2.45) is 11.1 Å². The minimum Gasteiger partial charge on any atom is -0.379 e. The number of hydrogen-bond donors (Lipinski definition) is 1. The van der Waals surface area contributed by atoms with Gasteiger partial charge in [0.25, 0.3) is 0 Å². The van der Waals surface area contributed by atoms with E-state index in [4.69, 9.17) is 10.5 Å². The summed E-state index contributed by atoms with van der Waals surface area (Å²) < 4.78 is 8.19. The van der Waals surface area contributed by atoms with Crippen molar-refractivity contribution < 1.29 is 4.74 Å². The highest BCUT2D eigenvalue weighted by Gasteiger charge is 2.37. The van der Waals surface area contributed by atoms with Crippen molar-refractivity contribution in [1.82, 2.24) is 4.57 Å². The molecule has 0 amide bonds. The molecule has 1 saturated heterocycles. The molecule has 1 fully saturated rings. The van der Waals surface area contributed by atoms with Crippen molar-refractivity contribution in [3.8, 4) is 0 Å². The van der Waals surface area contributed by atoms with E-state index >= 15 is 0 Å². The van der Waals surface area contributed by atoms with Gasteiger partial charge in [-0.1, -0.05) is 13.8 Å². The standard InChI is InChI=1S/C16H26N2O/c1-15(2)9-13(17)12-5-7-18(14(12)10-15)16(3)6-4-8-19-11-16/h5,7,13H,4,6,8-11,17H2,1-3H3. The SMILES string of the molecule is CC1(C)Cc2c(ccn2C2(C)CCCOC2)C(N)C1. The molecule has 1 aliphatic carbocycles. The molecule has 0 bridgehead atoms. The highest BCUT2D eigenvalue weighted by Crippen LogP contribution is 2.42. The number of nitrogens with two attached hydrogens (primary N) is 1. The molecule has 2 unspecified atom stereocenters. The lowest BCUT2D eigenvalue weighted by atomic mass is 9.74. The quantitative estimate of drug-likeness (QED) is 0.845. The van der Waals surface area contributed by atoms with E-state index in [1.165, 1.54) is 17.7 Å². The number of hydrogen-bond acceptors (Lipinski definition) is 2. The van der Waals surface area contributed by atoms with Gasteiger partial charge >= 0.3 is 0 Å². The molecule has 0 saturated carbocycles. The van der Waals surface area contributed by atoms with Crippen molar-refractivity contribution in [2.75, 3.05) is 13.2 Å². The number of aromatic nitrogens is 1. The summed E-state index contributed by atoms with van der Waals surface area (Å²) in [6.07, 6.45) is 6.79. The fourth-order valence-corrected chi connectivity index (χ4v) is 3.85. The van der Waals surface area contributed by atoms with E-state index in [1.54, 1.807) is 0 Å². The van der Waals surface area contributed by atoms with E-state index < -0.39 is 0 Å². The van der Waals surface area contributed by atoms with E-state index in [9.17, 15) is 0 Å². The first-order valence-electron chi connectivity index (χ1n) is 7.45. The molecule has 1 aromatic heterocycles. The van der Waals surface area contributed by atoms with Crippen LogP contribution >= 0.6 is 0 Å². The van der Waals surface area contributed by atoms with Gasteiger partial charge in [-0.3, -0.25) is 0 Å². The van der Waals surface area contributed by atoms with Gasteiger partial charge in [-0.25, -0.2) is 0 Å². The van der Waals surface area contributed by atoms with Gasteiger partial charge in [-0.05, 0) is 49.7 Å². The maximum Gasteiger partial charge on any atom is 0.0699 e. The number of fused-ring (bicyclic) bond motifs is 1. The van der Waals surface area contributed by atoms with Gasteiger partial charge < -0.3 is 15.0 Å². The van der Waals surface area contributed by atoms with Crippen LogP contribution in [0.4, 0.5) is 0 Å². The van der Waals surface area contributed by atoms with E-state index in [2.05, 4.69) is 37.6 Å². The fourth-order valence-electron chi connectivity index (χ4n) is 3.85. The van der Waals surface area contributed by atoms with Crippen LogP contribution in [0, 0.1) is 5.41 Å². The molecule has 0 spiro atoms. The smallest absolute Gasteiger partial charge is 0.0699 e. The van der Waals surface area contributed by atoms with Gasteiger partial charge in [0.15, 0.2) is 0 Å². The minimum absolute atomic E-state index is 0.110. The van der Waals surface area contributed by atoms with Crippen molar-refractivity contribution in [2.45, 2.75) is 58.0 Å². The molecular formula is C16H26N2O. The Bertz CT molecular complexity index is 469. The minimum atomic E-state index is 0.110. The Kier molecular flexibility index (Phi) is 3.02. The predicted molar refractivity (Wildman–Crippen MR) is 77.2 cm³/mol. The van der Waals surface area contributed by atoms with Gasteiger partial charge in [-0.15, -0.1) is 0 Å². The zero-order valence-electron chi connectivity index (χ0n) is 12.4. The van der Waals surface area contributed by atoms with Crippen LogP contribution in [0.25, 0.3) is 0 Å². The Labute approximate surface area is 116 Å². The first kappa shape index (κ1) is 13.2. The molecule has 3 rings (SSSR count). The lowest BCUT2D eigenvalue weighted by molar-refractivity contribution is 0.00749. The van der Waals surface area contributed by atoms with Crippen molar-refractivity contribution in [3.63, 3.8) is 0 Å². The molecule has 0 aromatic carbocycles. The number of rotatable bonds is 1. The first-order valence-corrected chi connectivity index (χ1v) is 7.45. The van der Waals surface area contributed by atoms with E-state index in [-0.39, 0.29) is 11.6 Å². The predicted octanol–water partition coefficient (Wildman–Crippen LogP) is 2.99. The van der Waals surface area contributed by atoms with Crippen molar-refractivity contribution in [1.29, 1.82) is 0 Å². The molecule has 0 radical (unpaired) electrons. The topological polar surface area (TPSA) is 40.2 Å². The normalized spacial score (nSPS) is 34.0. The van der Waals surface area contributed by atoms with Gasteiger partial charge in [-0.2, -0.15) is 0 Å². The first-order chi connectivity index (χ1) is 8.91. The zero-order chi connectivity index (χ0) is 13.7. The van der Waals surface area contributed by atoms with Gasteiger partial charge in [0.1, 0.15) is 0 Å². The van der Waals surface area contributed by atoms with Gasteiger partial charge in [0.2, 0.25) is 0 Å². The lowest BCUT2D eigenvalue weighted by Crippen LogP contribution is -2.41. The summed E-state index contributed by atoms with van der Waals surface area (Å²) in [5.74, 6) is 0. The van der Waals surface area contributed by atoms with Crippen LogP contribution in [-0.4, -0.2) is 17.8 Å². The summed E-state index contributed by atoms with van der Waals surface area (Å²) in [5, 5.41) is 0. The molecule has 1 aromatic rings. The summed E-state index contributed by atoms with van der Waals surface area (Å²) in [4.78, 5) is 0. The summed E-state index contributed by atoms with van der Waals surface area (Å²) in [5.41, 5.74) is 9.57. The molecule has 19 heavy (non-hydrogen) atoms. The molecule has 2 atom stereocenters. The summed E-state index contributed by atoms with van der Waals surface area (Å²) in [6, 6.07) is 2.42. The van der Waals surface area contributed by atoms with Crippen molar-refractivity contribution >= 4 is 0 Å². The molecule has 2 heterocycles. The Hall–Kier alpha value is -0.800. The summed E-state index contributed by atoms with van der Waals surface area (Å²) >= 11 is 0. The van der Waals surface area contributed by atoms with Crippen LogP contribution in [0.3, 0.4) is 0 Å². The second-order valence-corrected chi connectivity index (χ2v) is 7.39. The van der Waals surface area contributed by atoms with Crippen LogP contribution in [-0.2, 0) is 16.7 Å². The highest BCUT2D eigenvalue weighted by atomic mass is 16.5. The third-order valence-electron chi connectivity index (χ3n) is 4.84. The molecule has 1 aliphatic heterocycles. The van der Waals surface area contributed by atoms with Crippen LogP contribution in [0.5, 0.6) is 0 Å². The second kappa shape index (κ2) is 4.35. The molecule has 2 N–H and O–H groups in total. The largest absolute Gasteiger partial charge is 0.379 e. The lowest BCUT2D eigenvalue weighted by Gasteiger charge is -2.40. The highest BCUT2D eigenvalue weighted by molar-refractivity contribution is 5.31. The molecule has 2 aliphatic rings. The summed E-state index contributed by atoms with van der Waals surface area (Å²) in [7, 11) is 0. The molecular weight excluding hydrogens is 236 g/mol. The van der Waals surface area contributed by atoms with Crippen LogP contribution in [0.15, 0.2) is 12.3 Å². The second-order valence-electron chi connectivity index (χ2n) is 7.39. The Morgan fingerprint density at radius 3 is 2.84 bits per heavy atom. The maximum absolute atomic E-state index is 6.36. The van der Waals surface area contributed by atoms with Gasteiger partial charge in [0.05, 0.1) is 12.1 Å². The Balaban J connectivity index is 2.01. The Morgan fingerprint density at radius 2 is 2.16 bits per heavy atom. The maximum atomic E-state index is 6.36. The van der Waals surface area contributed by atoms with Gasteiger partial charge in [0, 0.05) is 24.5 Å². The van der Waals surface area contributed by atoms with Crippen LogP contribution in [0.1, 0.15) is 57.3 Å². The van der Waals surface area contributed by atoms with Crippen molar-refractivity contribution in [3.05, 3.63) is 23.5 Å². The Morgan fingerprint density at radius 1 is 1.37 bits per heavy atom. The fraction of sp³-hybridized carbons (Fsp3) is 0.750. The molecule has 106 valence electrons. The number of ether oxygens (including phenoxy) is 1. The number of nitrogens with zero attached hydrogens (tertiary/aromatic N) is 1. The molecule has 3 nitrogen and oxygen atoms in total. The van der Waals surface area contributed by atoms with E-state index in [0.717, 1.165) is 32.5 Å². The van der Waals surface area contributed by atoms with Crippen LogP contribution < -0.4 is 5.73 Å². The molecule has 3 heteroatoms. The van der Waals surface area contributed by atoms with E-state index in [1.807, 2.05) is 0 Å².